The number of rotatable bonds is 4. The summed E-state index contributed by atoms with van der Waals surface area (Å²) in [7, 11) is 0. The molecule has 0 aliphatic carbocycles. The fourth-order valence-electron chi connectivity index (χ4n) is 2.98. The Morgan fingerprint density at radius 3 is 2.74 bits per heavy atom. The van der Waals surface area contributed by atoms with E-state index in [0.29, 0.717) is 12.1 Å². The van der Waals surface area contributed by atoms with Crippen molar-refractivity contribution in [1.29, 1.82) is 0 Å². The van der Waals surface area contributed by atoms with E-state index in [0.717, 1.165) is 25.4 Å². The van der Waals surface area contributed by atoms with Gasteiger partial charge in [0.2, 0.25) is 0 Å². The van der Waals surface area contributed by atoms with Crippen molar-refractivity contribution in [3.63, 3.8) is 0 Å². The molecule has 1 N–H and O–H groups in total. The second kappa shape index (κ2) is 6.42. The van der Waals surface area contributed by atoms with Gasteiger partial charge < -0.3 is 10.2 Å². The van der Waals surface area contributed by atoms with Crippen LogP contribution in [0.5, 0.6) is 0 Å². The summed E-state index contributed by atoms with van der Waals surface area (Å²) in [6.45, 7) is 11.4. The number of anilines is 1. The van der Waals surface area contributed by atoms with Gasteiger partial charge in [-0.05, 0) is 30.9 Å². The molecule has 1 aromatic rings. The quantitative estimate of drug-likeness (QED) is 0.892. The highest BCUT2D eigenvalue weighted by molar-refractivity contribution is 5.55. The molecule has 1 aromatic carbocycles. The number of aryl methyl sites for hydroxylation is 1. The maximum Gasteiger partial charge on any atom is 0.0402 e. The molecule has 0 saturated carbocycles. The third kappa shape index (κ3) is 3.11. The van der Waals surface area contributed by atoms with E-state index in [9.17, 15) is 0 Å². The van der Waals surface area contributed by atoms with Crippen molar-refractivity contribution in [2.24, 2.45) is 5.92 Å². The van der Waals surface area contributed by atoms with Gasteiger partial charge in [0.05, 0.1) is 0 Å². The van der Waals surface area contributed by atoms with E-state index < -0.39 is 0 Å². The first-order valence-electron chi connectivity index (χ1n) is 7.75. The van der Waals surface area contributed by atoms with Crippen LogP contribution in [0, 0.1) is 5.92 Å². The Balaban J connectivity index is 2.21. The molecule has 0 amide bonds. The van der Waals surface area contributed by atoms with Gasteiger partial charge in [0.1, 0.15) is 0 Å². The van der Waals surface area contributed by atoms with Gasteiger partial charge in [0, 0.05) is 30.9 Å². The van der Waals surface area contributed by atoms with Crippen molar-refractivity contribution in [3.8, 4) is 0 Å². The largest absolute Gasteiger partial charge is 0.366 e. The third-order valence-electron chi connectivity index (χ3n) is 4.61. The van der Waals surface area contributed by atoms with E-state index in [1.165, 1.54) is 17.7 Å². The second-order valence-corrected chi connectivity index (χ2v) is 5.88. The Morgan fingerprint density at radius 1 is 1.32 bits per heavy atom. The highest BCUT2D eigenvalue weighted by atomic mass is 15.2. The summed E-state index contributed by atoms with van der Waals surface area (Å²) in [5.41, 5.74) is 2.91. The van der Waals surface area contributed by atoms with Crippen LogP contribution in [0.3, 0.4) is 0 Å². The average molecular weight is 260 g/mol. The van der Waals surface area contributed by atoms with Gasteiger partial charge >= 0.3 is 0 Å². The monoisotopic (exact) mass is 260 g/mol. The maximum absolute atomic E-state index is 3.72. The molecule has 0 radical (unpaired) electrons. The van der Waals surface area contributed by atoms with E-state index >= 15 is 0 Å². The van der Waals surface area contributed by atoms with Crippen molar-refractivity contribution >= 4 is 5.69 Å². The van der Waals surface area contributed by atoms with Crippen LogP contribution in [0.1, 0.15) is 39.7 Å². The SMILES string of the molecule is CCc1ccccc1N1CC(C(C)CC)NCC1C. The predicted octanol–water partition coefficient (Wildman–Crippen LogP) is 3.46. The smallest absolute Gasteiger partial charge is 0.0402 e. The number of nitrogens with one attached hydrogen (secondary N) is 1. The van der Waals surface area contributed by atoms with Gasteiger partial charge in [-0.1, -0.05) is 45.4 Å². The molecule has 3 atom stereocenters. The Morgan fingerprint density at radius 2 is 2.05 bits per heavy atom. The van der Waals surface area contributed by atoms with E-state index in [1.54, 1.807) is 0 Å². The van der Waals surface area contributed by atoms with Crippen LogP contribution >= 0.6 is 0 Å². The second-order valence-electron chi connectivity index (χ2n) is 5.88. The number of para-hydroxylation sites is 1. The van der Waals surface area contributed by atoms with Gasteiger partial charge in [-0.25, -0.2) is 0 Å². The van der Waals surface area contributed by atoms with Crippen molar-refractivity contribution in [2.75, 3.05) is 18.0 Å². The summed E-state index contributed by atoms with van der Waals surface area (Å²) in [6, 6.07) is 10.1. The molecule has 0 spiro atoms. The molecule has 1 aliphatic heterocycles. The zero-order chi connectivity index (χ0) is 13.8. The lowest BCUT2D eigenvalue weighted by Gasteiger charge is -2.43. The van der Waals surface area contributed by atoms with Gasteiger partial charge in [-0.15, -0.1) is 0 Å². The number of benzene rings is 1. The fourth-order valence-corrected chi connectivity index (χ4v) is 2.98. The molecule has 0 bridgehead atoms. The number of piperazine rings is 1. The molecule has 1 fully saturated rings. The molecule has 2 nitrogen and oxygen atoms in total. The summed E-state index contributed by atoms with van der Waals surface area (Å²) in [5.74, 6) is 0.740. The molecule has 1 heterocycles. The van der Waals surface area contributed by atoms with Crippen molar-refractivity contribution < 1.29 is 0 Å². The highest BCUT2D eigenvalue weighted by Crippen LogP contribution is 2.26. The Hall–Kier alpha value is -1.02. The number of hydrogen-bond acceptors (Lipinski definition) is 2. The zero-order valence-electron chi connectivity index (χ0n) is 12.8. The zero-order valence-corrected chi connectivity index (χ0v) is 12.8. The van der Waals surface area contributed by atoms with Gasteiger partial charge in [-0.2, -0.15) is 0 Å². The summed E-state index contributed by atoms with van der Waals surface area (Å²) >= 11 is 0. The minimum Gasteiger partial charge on any atom is -0.366 e. The average Bonchev–Trinajstić information content (AvgIpc) is 2.47. The third-order valence-corrected chi connectivity index (χ3v) is 4.61. The minimum atomic E-state index is 0.577. The topological polar surface area (TPSA) is 15.3 Å². The molecule has 19 heavy (non-hydrogen) atoms. The molecule has 3 unspecified atom stereocenters. The van der Waals surface area contributed by atoms with Crippen LogP contribution in [-0.2, 0) is 6.42 Å². The normalized spacial score (nSPS) is 25.4. The Labute approximate surface area is 118 Å². The van der Waals surface area contributed by atoms with Crippen LogP contribution in [0.2, 0.25) is 0 Å². The molecule has 0 aromatic heterocycles. The van der Waals surface area contributed by atoms with Crippen molar-refractivity contribution in [3.05, 3.63) is 29.8 Å². The van der Waals surface area contributed by atoms with Gasteiger partial charge in [0.15, 0.2) is 0 Å². The van der Waals surface area contributed by atoms with E-state index in [1.807, 2.05) is 0 Å². The summed E-state index contributed by atoms with van der Waals surface area (Å²) in [4.78, 5) is 2.60. The summed E-state index contributed by atoms with van der Waals surface area (Å²) in [5, 5.41) is 3.72. The molecule has 2 rings (SSSR count). The van der Waals surface area contributed by atoms with Crippen LogP contribution in [0.15, 0.2) is 24.3 Å². The number of hydrogen-bond donors (Lipinski definition) is 1. The van der Waals surface area contributed by atoms with Crippen LogP contribution in [0.4, 0.5) is 5.69 Å². The molecule has 106 valence electrons. The predicted molar refractivity (Wildman–Crippen MR) is 83.9 cm³/mol. The van der Waals surface area contributed by atoms with E-state index in [4.69, 9.17) is 0 Å². The van der Waals surface area contributed by atoms with Crippen molar-refractivity contribution in [2.45, 2.75) is 52.6 Å². The molecule has 2 heteroatoms. The van der Waals surface area contributed by atoms with Gasteiger partial charge in [0.25, 0.3) is 0 Å². The van der Waals surface area contributed by atoms with Crippen LogP contribution in [0.25, 0.3) is 0 Å². The lowest BCUT2D eigenvalue weighted by atomic mass is 9.94. The van der Waals surface area contributed by atoms with E-state index in [-0.39, 0.29) is 0 Å². The highest BCUT2D eigenvalue weighted by Gasteiger charge is 2.28. The first-order chi connectivity index (χ1) is 9.17. The van der Waals surface area contributed by atoms with Crippen LogP contribution < -0.4 is 10.2 Å². The first-order valence-corrected chi connectivity index (χ1v) is 7.75. The summed E-state index contributed by atoms with van der Waals surface area (Å²) < 4.78 is 0. The summed E-state index contributed by atoms with van der Waals surface area (Å²) in [6.07, 6.45) is 2.36. The molecular formula is C17H28N2. The minimum absolute atomic E-state index is 0.577. The first kappa shape index (κ1) is 14.4. The molecule has 1 saturated heterocycles. The Kier molecular flexibility index (Phi) is 4.87. The molecule has 1 aliphatic rings. The lowest BCUT2D eigenvalue weighted by Crippen LogP contribution is -2.57. The van der Waals surface area contributed by atoms with E-state index in [2.05, 4.69) is 62.2 Å². The van der Waals surface area contributed by atoms with Gasteiger partial charge in [-0.3, -0.25) is 0 Å². The standard InChI is InChI=1S/C17H28N2/c1-5-13(3)16-12-19(14(4)11-18-16)17-10-8-7-9-15(17)6-2/h7-10,13-14,16,18H,5-6,11-12H2,1-4H3. The molecular weight excluding hydrogens is 232 g/mol. The maximum atomic E-state index is 3.72. The number of nitrogens with zero attached hydrogens (tertiary/aromatic N) is 1. The Bertz CT molecular complexity index is 402. The lowest BCUT2D eigenvalue weighted by molar-refractivity contribution is 0.315. The fraction of sp³-hybridized carbons (Fsp3) is 0.647. The van der Waals surface area contributed by atoms with Crippen molar-refractivity contribution in [1.82, 2.24) is 5.32 Å². The van der Waals surface area contributed by atoms with Crippen LogP contribution in [-0.4, -0.2) is 25.2 Å².